The fourth-order valence-corrected chi connectivity index (χ4v) is 1.73. The number of aromatic nitrogens is 2. The Kier molecular flexibility index (Phi) is 5.79. The summed E-state index contributed by atoms with van der Waals surface area (Å²) >= 11 is 1.87. The van der Waals surface area contributed by atoms with Crippen LogP contribution in [0.15, 0.2) is 12.4 Å². The zero-order valence-corrected chi connectivity index (χ0v) is 10.7. The van der Waals surface area contributed by atoms with Crippen LogP contribution in [0.25, 0.3) is 0 Å². The van der Waals surface area contributed by atoms with Gasteiger partial charge < -0.3 is 5.32 Å². The van der Waals surface area contributed by atoms with Crippen LogP contribution >= 0.6 is 11.8 Å². The summed E-state index contributed by atoms with van der Waals surface area (Å²) in [6.07, 6.45) is 6.21. The van der Waals surface area contributed by atoms with Gasteiger partial charge in [0.1, 0.15) is 0 Å². The predicted octanol–water partition coefficient (Wildman–Crippen LogP) is 1.99. The van der Waals surface area contributed by atoms with Crippen molar-refractivity contribution in [1.29, 1.82) is 0 Å². The Labute approximate surface area is 96.6 Å². The Morgan fingerprint density at radius 3 is 3.00 bits per heavy atom. The van der Waals surface area contributed by atoms with Gasteiger partial charge in [0.2, 0.25) is 0 Å². The first-order valence-electron chi connectivity index (χ1n) is 5.43. The molecule has 4 heteroatoms. The Balaban J connectivity index is 2.26. The van der Waals surface area contributed by atoms with Crippen LogP contribution in [0.4, 0.5) is 0 Å². The van der Waals surface area contributed by atoms with Crippen LogP contribution < -0.4 is 5.32 Å². The second-order valence-corrected chi connectivity index (χ2v) is 5.12. The van der Waals surface area contributed by atoms with Crippen molar-refractivity contribution in [3.63, 3.8) is 0 Å². The van der Waals surface area contributed by atoms with Gasteiger partial charge in [0, 0.05) is 37.1 Å². The minimum Gasteiger partial charge on any atom is -0.312 e. The lowest BCUT2D eigenvalue weighted by Crippen LogP contribution is -2.16. The third-order valence-corrected chi connectivity index (χ3v) is 2.66. The van der Waals surface area contributed by atoms with Crippen LogP contribution in [-0.2, 0) is 13.1 Å². The SMILES string of the molecule is CSCCNCc1cnn(CC(C)C)c1. The van der Waals surface area contributed by atoms with Gasteiger partial charge >= 0.3 is 0 Å². The first kappa shape index (κ1) is 12.6. The first-order chi connectivity index (χ1) is 7.22. The molecule has 1 rings (SSSR count). The van der Waals surface area contributed by atoms with Gasteiger partial charge in [0.05, 0.1) is 6.20 Å². The van der Waals surface area contributed by atoms with Crippen molar-refractivity contribution >= 4 is 11.8 Å². The molecule has 1 N–H and O–H groups in total. The van der Waals surface area contributed by atoms with Crippen molar-refractivity contribution in [1.82, 2.24) is 15.1 Å². The fourth-order valence-electron chi connectivity index (χ4n) is 1.38. The summed E-state index contributed by atoms with van der Waals surface area (Å²) in [4.78, 5) is 0. The van der Waals surface area contributed by atoms with Gasteiger partial charge in [-0.2, -0.15) is 16.9 Å². The molecule has 0 aliphatic carbocycles. The molecule has 0 radical (unpaired) electrons. The van der Waals surface area contributed by atoms with Gasteiger partial charge in [-0.05, 0) is 12.2 Å². The fraction of sp³-hybridized carbons (Fsp3) is 0.727. The van der Waals surface area contributed by atoms with Crippen molar-refractivity contribution < 1.29 is 0 Å². The van der Waals surface area contributed by atoms with E-state index in [1.807, 2.05) is 22.6 Å². The summed E-state index contributed by atoms with van der Waals surface area (Å²) in [6.45, 7) is 7.41. The summed E-state index contributed by atoms with van der Waals surface area (Å²) in [6, 6.07) is 0. The number of hydrogen-bond donors (Lipinski definition) is 1. The lowest BCUT2D eigenvalue weighted by Gasteiger charge is -2.03. The molecular weight excluding hydrogens is 206 g/mol. The summed E-state index contributed by atoms with van der Waals surface area (Å²) in [5.74, 6) is 1.82. The molecule has 0 unspecified atom stereocenters. The van der Waals surface area contributed by atoms with Crippen LogP contribution in [0, 0.1) is 5.92 Å². The predicted molar refractivity (Wildman–Crippen MR) is 67.2 cm³/mol. The highest BCUT2D eigenvalue weighted by molar-refractivity contribution is 7.98. The first-order valence-corrected chi connectivity index (χ1v) is 6.82. The van der Waals surface area contributed by atoms with Crippen molar-refractivity contribution in [3.05, 3.63) is 18.0 Å². The second kappa shape index (κ2) is 6.90. The number of nitrogens with one attached hydrogen (secondary N) is 1. The number of thioether (sulfide) groups is 1. The number of nitrogens with zero attached hydrogens (tertiary/aromatic N) is 2. The third-order valence-electron chi connectivity index (χ3n) is 2.05. The Bertz CT molecular complexity index is 271. The summed E-state index contributed by atoms with van der Waals surface area (Å²) < 4.78 is 2.02. The summed E-state index contributed by atoms with van der Waals surface area (Å²) in [5.41, 5.74) is 1.27. The smallest absolute Gasteiger partial charge is 0.0534 e. The summed E-state index contributed by atoms with van der Waals surface area (Å²) in [7, 11) is 0. The normalized spacial score (nSPS) is 11.2. The van der Waals surface area contributed by atoms with Gasteiger partial charge in [-0.1, -0.05) is 13.8 Å². The molecule has 1 heterocycles. The Morgan fingerprint density at radius 1 is 1.53 bits per heavy atom. The van der Waals surface area contributed by atoms with Gasteiger partial charge in [-0.25, -0.2) is 0 Å². The lowest BCUT2D eigenvalue weighted by molar-refractivity contribution is 0.482. The summed E-state index contributed by atoms with van der Waals surface area (Å²) in [5, 5.41) is 7.72. The monoisotopic (exact) mass is 227 g/mol. The minimum atomic E-state index is 0.655. The third kappa shape index (κ3) is 5.23. The molecule has 0 fully saturated rings. The molecular formula is C11H21N3S. The lowest BCUT2D eigenvalue weighted by atomic mass is 10.2. The van der Waals surface area contributed by atoms with Crippen molar-refractivity contribution in [2.75, 3.05) is 18.6 Å². The zero-order chi connectivity index (χ0) is 11.1. The van der Waals surface area contributed by atoms with E-state index in [9.17, 15) is 0 Å². The van der Waals surface area contributed by atoms with E-state index in [0.717, 1.165) is 19.6 Å². The highest BCUT2D eigenvalue weighted by atomic mass is 32.2. The average Bonchev–Trinajstić information content (AvgIpc) is 2.59. The van der Waals surface area contributed by atoms with Gasteiger partial charge in [0.15, 0.2) is 0 Å². The molecule has 86 valence electrons. The standard InChI is InChI=1S/C11H21N3S/c1-10(2)8-14-9-11(7-13-14)6-12-4-5-15-3/h7,9-10,12H,4-6,8H2,1-3H3. The van der Waals surface area contributed by atoms with Gasteiger partial charge in [-0.15, -0.1) is 0 Å². The highest BCUT2D eigenvalue weighted by Crippen LogP contribution is 2.01. The van der Waals surface area contributed by atoms with Gasteiger partial charge in [0.25, 0.3) is 0 Å². The number of rotatable bonds is 7. The molecule has 0 saturated heterocycles. The highest BCUT2D eigenvalue weighted by Gasteiger charge is 2.00. The molecule has 0 amide bonds. The topological polar surface area (TPSA) is 29.9 Å². The van der Waals surface area contributed by atoms with E-state index < -0.39 is 0 Å². The van der Waals surface area contributed by atoms with Crippen molar-refractivity contribution in [3.8, 4) is 0 Å². The van der Waals surface area contributed by atoms with E-state index in [0.29, 0.717) is 5.92 Å². The van der Waals surface area contributed by atoms with E-state index >= 15 is 0 Å². The average molecular weight is 227 g/mol. The Hall–Kier alpha value is -0.480. The van der Waals surface area contributed by atoms with Crippen molar-refractivity contribution in [2.45, 2.75) is 26.9 Å². The maximum Gasteiger partial charge on any atom is 0.0534 e. The van der Waals surface area contributed by atoms with E-state index in [1.165, 1.54) is 11.3 Å². The zero-order valence-electron chi connectivity index (χ0n) is 9.86. The molecule has 0 aliphatic rings. The number of hydrogen-bond acceptors (Lipinski definition) is 3. The van der Waals surface area contributed by atoms with Crippen molar-refractivity contribution in [2.24, 2.45) is 5.92 Å². The van der Waals surface area contributed by atoms with Crippen LogP contribution in [0.2, 0.25) is 0 Å². The molecule has 0 aromatic carbocycles. The second-order valence-electron chi connectivity index (χ2n) is 4.13. The van der Waals surface area contributed by atoms with Crippen LogP contribution in [0.5, 0.6) is 0 Å². The molecule has 3 nitrogen and oxygen atoms in total. The molecule has 0 atom stereocenters. The molecule has 0 spiro atoms. The largest absolute Gasteiger partial charge is 0.312 e. The van der Waals surface area contributed by atoms with E-state index in [1.54, 1.807) is 0 Å². The van der Waals surface area contributed by atoms with Gasteiger partial charge in [-0.3, -0.25) is 4.68 Å². The molecule has 0 bridgehead atoms. The molecule has 0 aliphatic heterocycles. The molecule has 0 saturated carbocycles. The molecule has 1 aromatic heterocycles. The Morgan fingerprint density at radius 2 is 2.33 bits per heavy atom. The van der Waals surface area contributed by atoms with E-state index in [4.69, 9.17) is 0 Å². The molecule has 1 aromatic rings. The molecule has 15 heavy (non-hydrogen) atoms. The maximum atomic E-state index is 4.33. The maximum absolute atomic E-state index is 4.33. The minimum absolute atomic E-state index is 0.655. The van der Waals surface area contributed by atoms with Crippen LogP contribution in [0.1, 0.15) is 19.4 Å². The van der Waals surface area contributed by atoms with E-state index in [2.05, 4.69) is 36.7 Å². The van der Waals surface area contributed by atoms with E-state index in [-0.39, 0.29) is 0 Å². The van der Waals surface area contributed by atoms with Crippen LogP contribution in [0.3, 0.4) is 0 Å². The van der Waals surface area contributed by atoms with Crippen LogP contribution in [-0.4, -0.2) is 28.3 Å². The quantitative estimate of drug-likeness (QED) is 0.723.